The van der Waals surface area contributed by atoms with Crippen molar-refractivity contribution in [1.29, 1.82) is 0 Å². The average molecular weight is 555 g/mol. The lowest BCUT2D eigenvalue weighted by Crippen LogP contribution is -2.16. The summed E-state index contributed by atoms with van der Waals surface area (Å²) < 4.78 is 14.4. The summed E-state index contributed by atoms with van der Waals surface area (Å²) in [7, 11) is 1.67. The van der Waals surface area contributed by atoms with E-state index in [9.17, 15) is 0 Å². The maximum Gasteiger partial charge on any atom is 0.214 e. The van der Waals surface area contributed by atoms with Crippen molar-refractivity contribution in [2.24, 2.45) is 0 Å². The zero-order valence-electron chi connectivity index (χ0n) is 19.8. The molecule has 0 saturated heterocycles. The SMILES string of the molecule is COc1cc(CNCCCSc2nnnn2-c2ccccc2)c(Br)cc1OCc1ccccc1C. The minimum absolute atomic E-state index is 0.498. The van der Waals surface area contributed by atoms with Gasteiger partial charge in [-0.2, -0.15) is 4.68 Å². The number of halogens is 1. The molecule has 0 atom stereocenters. The van der Waals surface area contributed by atoms with Gasteiger partial charge in [-0.05, 0) is 71.3 Å². The summed E-state index contributed by atoms with van der Waals surface area (Å²) in [5, 5.41) is 16.4. The van der Waals surface area contributed by atoms with E-state index in [1.165, 1.54) is 5.56 Å². The zero-order chi connectivity index (χ0) is 24.5. The Balaban J connectivity index is 1.25. The molecule has 35 heavy (non-hydrogen) atoms. The number of thioether (sulfide) groups is 1. The molecule has 9 heteroatoms. The van der Waals surface area contributed by atoms with Gasteiger partial charge in [0, 0.05) is 16.8 Å². The topological polar surface area (TPSA) is 74.1 Å². The van der Waals surface area contributed by atoms with Gasteiger partial charge in [-0.25, -0.2) is 0 Å². The molecule has 0 aliphatic carbocycles. The highest BCUT2D eigenvalue weighted by molar-refractivity contribution is 9.10. The van der Waals surface area contributed by atoms with Crippen molar-refractivity contribution in [1.82, 2.24) is 25.5 Å². The average Bonchev–Trinajstić information content (AvgIpc) is 3.35. The molecule has 0 aliphatic rings. The predicted octanol–water partition coefficient (Wildman–Crippen LogP) is 5.59. The summed E-state index contributed by atoms with van der Waals surface area (Å²) in [6.07, 6.45) is 0.985. The fourth-order valence-electron chi connectivity index (χ4n) is 3.50. The number of benzene rings is 3. The van der Waals surface area contributed by atoms with Crippen LogP contribution in [0.2, 0.25) is 0 Å². The van der Waals surface area contributed by atoms with Crippen LogP contribution in [0.4, 0.5) is 0 Å². The van der Waals surface area contributed by atoms with Crippen LogP contribution in [0.15, 0.2) is 76.4 Å². The number of hydrogen-bond acceptors (Lipinski definition) is 7. The molecular formula is C26H28BrN5O2S. The molecule has 4 aromatic rings. The summed E-state index contributed by atoms with van der Waals surface area (Å²) in [5.41, 5.74) is 4.45. The van der Waals surface area contributed by atoms with Gasteiger partial charge in [0.2, 0.25) is 5.16 Å². The first-order chi connectivity index (χ1) is 17.2. The van der Waals surface area contributed by atoms with Crippen molar-refractivity contribution in [3.8, 4) is 17.2 Å². The Morgan fingerprint density at radius 1 is 1.00 bits per heavy atom. The number of para-hydroxylation sites is 1. The number of nitrogens with zero attached hydrogens (tertiary/aromatic N) is 4. The molecule has 0 aliphatic heterocycles. The van der Waals surface area contributed by atoms with Crippen LogP contribution >= 0.6 is 27.7 Å². The van der Waals surface area contributed by atoms with E-state index in [1.54, 1.807) is 23.6 Å². The van der Waals surface area contributed by atoms with Crippen LogP contribution in [-0.4, -0.2) is 39.6 Å². The normalized spacial score (nSPS) is 10.9. The number of aromatic nitrogens is 4. The molecular weight excluding hydrogens is 526 g/mol. The van der Waals surface area contributed by atoms with Gasteiger partial charge in [-0.15, -0.1) is 5.10 Å². The van der Waals surface area contributed by atoms with E-state index in [1.807, 2.05) is 54.6 Å². The third kappa shape index (κ3) is 6.84. The number of hydrogen-bond donors (Lipinski definition) is 1. The van der Waals surface area contributed by atoms with E-state index in [4.69, 9.17) is 9.47 Å². The first-order valence-corrected chi connectivity index (χ1v) is 13.1. The predicted molar refractivity (Wildman–Crippen MR) is 142 cm³/mol. The zero-order valence-corrected chi connectivity index (χ0v) is 22.2. The number of aryl methyl sites for hydroxylation is 1. The van der Waals surface area contributed by atoms with Crippen molar-refractivity contribution >= 4 is 27.7 Å². The van der Waals surface area contributed by atoms with Crippen LogP contribution in [0.5, 0.6) is 11.5 Å². The summed E-state index contributed by atoms with van der Waals surface area (Å²) in [5.74, 6) is 2.36. The first-order valence-electron chi connectivity index (χ1n) is 11.4. The number of methoxy groups -OCH3 is 1. The minimum atomic E-state index is 0.498. The third-order valence-corrected chi connectivity index (χ3v) is 7.21. The Bertz CT molecular complexity index is 1240. The minimum Gasteiger partial charge on any atom is -0.493 e. The van der Waals surface area contributed by atoms with Gasteiger partial charge >= 0.3 is 0 Å². The standard InChI is InChI=1S/C26H28BrN5O2S/c1-19-9-6-7-10-20(19)18-34-25-16-23(27)21(15-24(25)33-2)17-28-13-8-14-35-26-29-30-31-32(26)22-11-4-3-5-12-22/h3-7,9-12,15-16,28H,8,13-14,17-18H2,1-2H3. The molecule has 0 saturated carbocycles. The lowest BCUT2D eigenvalue weighted by atomic mass is 10.1. The van der Waals surface area contributed by atoms with E-state index in [0.717, 1.165) is 63.2 Å². The van der Waals surface area contributed by atoms with Gasteiger partial charge in [-0.1, -0.05) is 70.2 Å². The molecule has 4 rings (SSSR count). The van der Waals surface area contributed by atoms with Crippen LogP contribution in [0.3, 0.4) is 0 Å². The highest BCUT2D eigenvalue weighted by Gasteiger charge is 2.12. The molecule has 0 bridgehead atoms. The monoisotopic (exact) mass is 553 g/mol. The van der Waals surface area contributed by atoms with E-state index in [-0.39, 0.29) is 0 Å². The fourth-order valence-corrected chi connectivity index (χ4v) is 4.79. The van der Waals surface area contributed by atoms with Gasteiger partial charge in [0.15, 0.2) is 11.5 Å². The molecule has 0 fully saturated rings. The highest BCUT2D eigenvalue weighted by Crippen LogP contribution is 2.34. The van der Waals surface area contributed by atoms with Crippen LogP contribution in [0, 0.1) is 6.92 Å². The van der Waals surface area contributed by atoms with E-state index >= 15 is 0 Å². The number of nitrogens with one attached hydrogen (secondary N) is 1. The summed E-state index contributed by atoms with van der Waals surface area (Å²) >= 11 is 5.34. The van der Waals surface area contributed by atoms with Gasteiger partial charge in [0.05, 0.1) is 12.8 Å². The quantitative estimate of drug-likeness (QED) is 0.181. The van der Waals surface area contributed by atoms with Gasteiger partial charge < -0.3 is 14.8 Å². The number of ether oxygens (including phenoxy) is 2. The molecule has 7 nitrogen and oxygen atoms in total. The van der Waals surface area contributed by atoms with Crippen LogP contribution < -0.4 is 14.8 Å². The Morgan fingerprint density at radius 3 is 2.60 bits per heavy atom. The summed E-state index contributed by atoms with van der Waals surface area (Å²) in [6.45, 7) is 4.18. The molecule has 1 aromatic heterocycles. The first kappa shape index (κ1) is 25.2. The second-order valence-electron chi connectivity index (χ2n) is 7.90. The highest BCUT2D eigenvalue weighted by atomic mass is 79.9. The molecule has 0 amide bonds. The van der Waals surface area contributed by atoms with Crippen molar-refractivity contribution in [3.63, 3.8) is 0 Å². The van der Waals surface area contributed by atoms with Crippen molar-refractivity contribution in [2.45, 2.75) is 31.7 Å². The maximum atomic E-state index is 6.07. The van der Waals surface area contributed by atoms with Crippen molar-refractivity contribution in [3.05, 3.63) is 87.9 Å². The maximum absolute atomic E-state index is 6.07. The number of tetrazole rings is 1. The van der Waals surface area contributed by atoms with Crippen molar-refractivity contribution < 1.29 is 9.47 Å². The largest absolute Gasteiger partial charge is 0.493 e. The molecule has 182 valence electrons. The van der Waals surface area contributed by atoms with Gasteiger partial charge in [-0.3, -0.25) is 0 Å². The summed E-state index contributed by atoms with van der Waals surface area (Å²) in [6, 6.07) is 22.1. The van der Waals surface area contributed by atoms with Gasteiger partial charge in [0.25, 0.3) is 0 Å². The number of rotatable bonds is 12. The second-order valence-corrected chi connectivity index (χ2v) is 9.81. The smallest absolute Gasteiger partial charge is 0.214 e. The summed E-state index contributed by atoms with van der Waals surface area (Å²) in [4.78, 5) is 0. The van der Waals surface area contributed by atoms with Crippen molar-refractivity contribution in [2.75, 3.05) is 19.4 Å². The lowest BCUT2D eigenvalue weighted by molar-refractivity contribution is 0.283. The molecule has 0 radical (unpaired) electrons. The van der Waals surface area contributed by atoms with Crippen LogP contribution in [0.1, 0.15) is 23.1 Å². The van der Waals surface area contributed by atoms with E-state index in [2.05, 4.69) is 55.8 Å². The van der Waals surface area contributed by atoms with E-state index < -0.39 is 0 Å². The molecule has 1 heterocycles. The molecule has 1 N–H and O–H groups in total. The Kier molecular flexibility index (Phi) is 9.16. The third-order valence-electron chi connectivity index (χ3n) is 5.46. The Hall–Kier alpha value is -2.88. The van der Waals surface area contributed by atoms with Crippen LogP contribution in [-0.2, 0) is 13.2 Å². The second kappa shape index (κ2) is 12.7. The Morgan fingerprint density at radius 2 is 1.80 bits per heavy atom. The fraction of sp³-hybridized carbons (Fsp3) is 0.269. The van der Waals surface area contributed by atoms with Gasteiger partial charge in [0.1, 0.15) is 6.61 Å². The Labute approximate surface area is 218 Å². The molecule has 0 spiro atoms. The lowest BCUT2D eigenvalue weighted by Gasteiger charge is -2.15. The molecule has 3 aromatic carbocycles. The van der Waals surface area contributed by atoms with E-state index in [0.29, 0.717) is 6.61 Å². The molecule has 0 unspecified atom stereocenters. The van der Waals surface area contributed by atoms with Crippen LogP contribution in [0.25, 0.3) is 5.69 Å².